The Labute approximate surface area is 106 Å². The summed E-state index contributed by atoms with van der Waals surface area (Å²) in [6.45, 7) is 3.19. The first-order valence-corrected chi connectivity index (χ1v) is 7.23. The Balaban J connectivity index is 3.36. The van der Waals surface area contributed by atoms with Crippen molar-refractivity contribution in [1.29, 1.82) is 0 Å². The Kier molecular flexibility index (Phi) is 3.87. The number of nitrogens with one attached hydrogen (secondary N) is 1. The van der Waals surface area contributed by atoms with Crippen LogP contribution in [0.2, 0.25) is 5.02 Å². The van der Waals surface area contributed by atoms with Gasteiger partial charge in [-0.2, -0.15) is 5.10 Å². The number of hydrazine groups is 1. The monoisotopic (exact) mass is 280 g/mol. The van der Waals surface area contributed by atoms with Gasteiger partial charge in [-0.1, -0.05) is 11.6 Å². The molecule has 98 valence electrons. The maximum Gasteiger partial charge on any atom is 0.154 e. The van der Waals surface area contributed by atoms with Crippen molar-refractivity contribution in [2.24, 2.45) is 12.9 Å². The highest BCUT2D eigenvalue weighted by molar-refractivity contribution is 7.92. The van der Waals surface area contributed by atoms with E-state index in [1.54, 1.807) is 20.9 Å². The van der Waals surface area contributed by atoms with Crippen molar-refractivity contribution in [3.05, 3.63) is 16.9 Å². The highest BCUT2D eigenvalue weighted by Gasteiger charge is 2.41. The number of aromatic nitrogens is 2. The minimum Gasteiger partial charge on any atom is -0.271 e. The Morgan fingerprint density at radius 3 is 2.41 bits per heavy atom. The molecule has 3 N–H and O–H groups in total. The normalized spacial score (nSPS) is 14.9. The first kappa shape index (κ1) is 14.4. The molecule has 6 nitrogen and oxygen atoms in total. The summed E-state index contributed by atoms with van der Waals surface area (Å²) in [4.78, 5) is 0. The zero-order valence-corrected chi connectivity index (χ0v) is 11.8. The summed E-state index contributed by atoms with van der Waals surface area (Å²) in [5.74, 6) is 5.47. The molecule has 1 heterocycles. The molecule has 17 heavy (non-hydrogen) atoms. The molecule has 1 unspecified atom stereocenters. The Morgan fingerprint density at radius 2 is 2.12 bits per heavy atom. The van der Waals surface area contributed by atoms with Crippen molar-refractivity contribution in [3.8, 4) is 0 Å². The molecular weight excluding hydrogens is 264 g/mol. The van der Waals surface area contributed by atoms with Crippen LogP contribution in [0.25, 0.3) is 0 Å². The number of nitrogens with zero attached hydrogens (tertiary/aromatic N) is 2. The summed E-state index contributed by atoms with van der Waals surface area (Å²) in [7, 11) is -1.63. The summed E-state index contributed by atoms with van der Waals surface area (Å²) < 4.78 is 24.0. The Hall–Kier alpha value is -0.630. The van der Waals surface area contributed by atoms with Gasteiger partial charge >= 0.3 is 0 Å². The molecule has 1 aromatic heterocycles. The fourth-order valence-electron chi connectivity index (χ4n) is 1.57. The van der Waals surface area contributed by atoms with E-state index in [-0.39, 0.29) is 0 Å². The molecule has 0 amide bonds. The van der Waals surface area contributed by atoms with Gasteiger partial charge in [-0.15, -0.1) is 0 Å². The lowest BCUT2D eigenvalue weighted by atomic mass is 10.0. The molecular formula is C9H17ClN4O2S. The lowest BCUT2D eigenvalue weighted by Crippen LogP contribution is -2.48. The third-order valence-corrected chi connectivity index (χ3v) is 5.47. The van der Waals surface area contributed by atoms with E-state index in [9.17, 15) is 8.42 Å². The van der Waals surface area contributed by atoms with Crippen molar-refractivity contribution in [3.63, 3.8) is 0 Å². The van der Waals surface area contributed by atoms with E-state index in [1.165, 1.54) is 17.1 Å². The van der Waals surface area contributed by atoms with Crippen molar-refractivity contribution < 1.29 is 8.42 Å². The van der Waals surface area contributed by atoms with Crippen LogP contribution in [0, 0.1) is 0 Å². The van der Waals surface area contributed by atoms with Crippen LogP contribution in [0.4, 0.5) is 0 Å². The van der Waals surface area contributed by atoms with E-state index < -0.39 is 20.6 Å². The van der Waals surface area contributed by atoms with Gasteiger partial charge in [-0.3, -0.25) is 10.5 Å². The molecule has 0 aliphatic carbocycles. The van der Waals surface area contributed by atoms with E-state index in [0.717, 1.165) is 0 Å². The minimum atomic E-state index is -3.32. The van der Waals surface area contributed by atoms with Crippen LogP contribution in [0.1, 0.15) is 25.6 Å². The molecule has 0 spiro atoms. The average Bonchev–Trinajstić information content (AvgIpc) is 2.48. The molecule has 1 rings (SSSR count). The lowest BCUT2D eigenvalue weighted by molar-refractivity contribution is 0.407. The lowest BCUT2D eigenvalue weighted by Gasteiger charge is -2.32. The molecule has 0 bridgehead atoms. The van der Waals surface area contributed by atoms with Gasteiger partial charge in [0, 0.05) is 13.3 Å². The third-order valence-electron chi connectivity index (χ3n) is 3.03. The molecule has 1 aromatic rings. The quantitative estimate of drug-likeness (QED) is 0.615. The molecule has 0 saturated carbocycles. The van der Waals surface area contributed by atoms with Crippen molar-refractivity contribution in [2.75, 3.05) is 6.26 Å². The molecule has 1 atom stereocenters. The molecule has 0 fully saturated rings. The molecule has 0 aliphatic heterocycles. The standard InChI is InChI=1S/C9H17ClN4O2S/c1-9(2,17(4,15)16)8(13-11)7-6(10)5-12-14(7)3/h5,8,13H,11H2,1-4H3. The number of hydrogen-bond donors (Lipinski definition) is 2. The van der Waals surface area contributed by atoms with Gasteiger partial charge < -0.3 is 0 Å². The van der Waals surface area contributed by atoms with Gasteiger partial charge in [-0.25, -0.2) is 13.8 Å². The topological polar surface area (TPSA) is 90.0 Å². The number of halogens is 1. The largest absolute Gasteiger partial charge is 0.271 e. The van der Waals surface area contributed by atoms with Crippen LogP contribution < -0.4 is 11.3 Å². The fraction of sp³-hybridized carbons (Fsp3) is 0.667. The van der Waals surface area contributed by atoms with E-state index >= 15 is 0 Å². The summed E-state index contributed by atoms with van der Waals surface area (Å²) in [6, 6.07) is -0.641. The molecule has 0 saturated heterocycles. The number of sulfone groups is 1. The first-order chi connectivity index (χ1) is 7.63. The second kappa shape index (κ2) is 4.56. The Morgan fingerprint density at radius 1 is 1.59 bits per heavy atom. The van der Waals surface area contributed by atoms with E-state index in [4.69, 9.17) is 17.4 Å². The zero-order valence-electron chi connectivity index (χ0n) is 10.2. The molecule has 0 radical (unpaired) electrons. The maximum absolute atomic E-state index is 11.8. The second-order valence-electron chi connectivity index (χ2n) is 4.48. The van der Waals surface area contributed by atoms with Crippen LogP contribution in [0.15, 0.2) is 6.20 Å². The minimum absolute atomic E-state index is 0.382. The second-order valence-corrected chi connectivity index (χ2v) is 7.48. The van der Waals surface area contributed by atoms with E-state index in [2.05, 4.69) is 10.5 Å². The number of nitrogens with two attached hydrogens (primary N) is 1. The van der Waals surface area contributed by atoms with E-state index in [1.807, 2.05) is 0 Å². The predicted octanol–water partition coefficient (Wildman–Crippen LogP) is 0.401. The van der Waals surface area contributed by atoms with Gasteiger partial charge in [-0.05, 0) is 13.8 Å². The highest BCUT2D eigenvalue weighted by atomic mass is 35.5. The molecule has 8 heteroatoms. The Bertz CT molecular complexity index is 490. The number of hydrogen-bond acceptors (Lipinski definition) is 5. The number of aryl methyl sites for hydroxylation is 1. The SMILES string of the molecule is Cn1ncc(Cl)c1C(NN)C(C)(C)S(C)(=O)=O. The number of rotatable bonds is 4. The van der Waals surface area contributed by atoms with Crippen LogP contribution in [0.5, 0.6) is 0 Å². The van der Waals surface area contributed by atoms with Gasteiger partial charge in [0.05, 0.1) is 27.7 Å². The van der Waals surface area contributed by atoms with Crippen molar-refractivity contribution in [1.82, 2.24) is 15.2 Å². The zero-order chi connectivity index (χ0) is 13.4. The summed E-state index contributed by atoms with van der Waals surface area (Å²) in [6.07, 6.45) is 2.63. The van der Waals surface area contributed by atoms with Crippen molar-refractivity contribution in [2.45, 2.75) is 24.6 Å². The summed E-state index contributed by atoms with van der Waals surface area (Å²) in [5, 5.41) is 4.36. The molecule has 0 aromatic carbocycles. The maximum atomic E-state index is 11.8. The van der Waals surface area contributed by atoms with Crippen molar-refractivity contribution >= 4 is 21.4 Å². The van der Waals surface area contributed by atoms with Crippen LogP contribution in [0.3, 0.4) is 0 Å². The fourth-order valence-corrected chi connectivity index (χ4v) is 2.45. The summed E-state index contributed by atoms with van der Waals surface area (Å²) >= 11 is 6.00. The third kappa shape index (κ3) is 2.47. The van der Waals surface area contributed by atoms with Gasteiger partial charge in [0.2, 0.25) is 0 Å². The van der Waals surface area contributed by atoms with E-state index in [0.29, 0.717) is 10.7 Å². The van der Waals surface area contributed by atoms with Gasteiger partial charge in [0.25, 0.3) is 0 Å². The highest BCUT2D eigenvalue weighted by Crippen LogP contribution is 2.34. The smallest absolute Gasteiger partial charge is 0.154 e. The average molecular weight is 281 g/mol. The molecule has 0 aliphatic rings. The van der Waals surface area contributed by atoms with Gasteiger partial charge in [0.15, 0.2) is 9.84 Å². The van der Waals surface area contributed by atoms with Gasteiger partial charge in [0.1, 0.15) is 0 Å². The van der Waals surface area contributed by atoms with Crippen LogP contribution in [-0.4, -0.2) is 29.2 Å². The van der Waals surface area contributed by atoms with Crippen LogP contribution in [-0.2, 0) is 16.9 Å². The van der Waals surface area contributed by atoms with Crippen LogP contribution >= 0.6 is 11.6 Å². The summed E-state index contributed by atoms with van der Waals surface area (Å²) in [5.41, 5.74) is 3.05. The first-order valence-electron chi connectivity index (χ1n) is 4.96. The predicted molar refractivity (Wildman–Crippen MR) is 67.2 cm³/mol.